The standard InChI is InChI=1S/C16H14ClNO4S/c1-2-14-18-11(8-23-14)7-20-15(19)4-3-10-5-12(17)16-13(6-10)21-9-22-16/h3-6,8H,2,7,9H2,1H3/b4-3+. The quantitative estimate of drug-likeness (QED) is 0.605. The van der Waals surface area contributed by atoms with Crippen LogP contribution >= 0.6 is 22.9 Å². The van der Waals surface area contributed by atoms with Crippen LogP contribution in [0.3, 0.4) is 0 Å². The largest absolute Gasteiger partial charge is 0.456 e. The van der Waals surface area contributed by atoms with Crippen LogP contribution in [-0.2, 0) is 22.6 Å². The number of ether oxygens (including phenoxy) is 3. The molecule has 0 N–H and O–H groups in total. The summed E-state index contributed by atoms with van der Waals surface area (Å²) in [6, 6.07) is 3.46. The van der Waals surface area contributed by atoms with Crippen molar-refractivity contribution in [2.45, 2.75) is 20.0 Å². The number of nitrogens with zero attached hydrogens (tertiary/aromatic N) is 1. The maximum atomic E-state index is 11.8. The number of rotatable bonds is 5. The van der Waals surface area contributed by atoms with Gasteiger partial charge in [-0.25, -0.2) is 9.78 Å². The Morgan fingerprint density at radius 1 is 1.48 bits per heavy atom. The SMILES string of the molecule is CCc1nc(COC(=O)/C=C/c2cc(Cl)c3c(c2)OCO3)cs1. The summed E-state index contributed by atoms with van der Waals surface area (Å²) in [6.45, 7) is 2.35. The van der Waals surface area contributed by atoms with E-state index in [0.717, 1.165) is 22.7 Å². The highest BCUT2D eigenvalue weighted by molar-refractivity contribution is 7.09. The van der Waals surface area contributed by atoms with E-state index < -0.39 is 5.97 Å². The fourth-order valence-electron chi connectivity index (χ4n) is 2.02. The summed E-state index contributed by atoms with van der Waals surface area (Å²) in [5.74, 6) is 0.659. The number of carbonyl (C=O) groups excluding carboxylic acids is 1. The maximum absolute atomic E-state index is 11.8. The maximum Gasteiger partial charge on any atom is 0.331 e. The summed E-state index contributed by atoms with van der Waals surface area (Å²) >= 11 is 7.65. The molecule has 2 aromatic rings. The van der Waals surface area contributed by atoms with Crippen LogP contribution in [0, 0.1) is 0 Å². The zero-order valence-electron chi connectivity index (χ0n) is 12.4. The third kappa shape index (κ3) is 3.83. The van der Waals surface area contributed by atoms with Gasteiger partial charge in [-0.15, -0.1) is 11.3 Å². The molecule has 0 atom stereocenters. The first-order chi connectivity index (χ1) is 11.2. The minimum Gasteiger partial charge on any atom is -0.456 e. The van der Waals surface area contributed by atoms with Gasteiger partial charge >= 0.3 is 5.97 Å². The van der Waals surface area contributed by atoms with Gasteiger partial charge in [0.15, 0.2) is 11.5 Å². The lowest BCUT2D eigenvalue weighted by molar-refractivity contribution is -0.139. The molecule has 7 heteroatoms. The van der Waals surface area contributed by atoms with Gasteiger partial charge in [-0.2, -0.15) is 0 Å². The van der Waals surface area contributed by atoms with Gasteiger partial charge in [-0.1, -0.05) is 18.5 Å². The molecule has 3 rings (SSSR count). The Morgan fingerprint density at radius 3 is 3.13 bits per heavy atom. The molecule has 5 nitrogen and oxygen atoms in total. The van der Waals surface area contributed by atoms with E-state index >= 15 is 0 Å². The highest BCUT2D eigenvalue weighted by atomic mass is 35.5. The van der Waals surface area contributed by atoms with Crippen LogP contribution in [0.1, 0.15) is 23.2 Å². The summed E-state index contributed by atoms with van der Waals surface area (Å²) in [5, 5.41) is 3.37. The van der Waals surface area contributed by atoms with E-state index in [1.165, 1.54) is 6.08 Å². The first kappa shape index (κ1) is 15.8. The molecular formula is C16H14ClNO4S. The van der Waals surface area contributed by atoms with E-state index in [4.69, 9.17) is 25.8 Å². The smallest absolute Gasteiger partial charge is 0.331 e. The summed E-state index contributed by atoms with van der Waals surface area (Å²) in [4.78, 5) is 16.1. The lowest BCUT2D eigenvalue weighted by atomic mass is 10.2. The topological polar surface area (TPSA) is 57.7 Å². The van der Waals surface area contributed by atoms with Crippen molar-refractivity contribution in [2.75, 3.05) is 6.79 Å². The third-order valence-corrected chi connectivity index (χ3v) is 4.45. The van der Waals surface area contributed by atoms with Crippen LogP contribution in [0.4, 0.5) is 0 Å². The number of fused-ring (bicyclic) bond motifs is 1. The summed E-state index contributed by atoms with van der Waals surface area (Å²) in [5.41, 5.74) is 1.50. The average molecular weight is 352 g/mol. The van der Waals surface area contributed by atoms with Crippen molar-refractivity contribution in [3.8, 4) is 11.5 Å². The lowest BCUT2D eigenvalue weighted by Crippen LogP contribution is -2.01. The number of hydrogen-bond donors (Lipinski definition) is 0. The van der Waals surface area contributed by atoms with Crippen molar-refractivity contribution >= 4 is 35.0 Å². The molecule has 0 spiro atoms. The van der Waals surface area contributed by atoms with Gasteiger partial charge in [0.25, 0.3) is 0 Å². The molecule has 0 fully saturated rings. The van der Waals surface area contributed by atoms with Crippen molar-refractivity contribution in [3.63, 3.8) is 0 Å². The fourth-order valence-corrected chi connectivity index (χ4v) is 3.02. The van der Waals surface area contributed by atoms with Gasteiger partial charge in [-0.05, 0) is 30.2 Å². The molecule has 1 aromatic carbocycles. The Labute approximate surface area is 142 Å². The van der Waals surface area contributed by atoms with E-state index in [1.54, 1.807) is 29.5 Å². The number of aryl methyl sites for hydroxylation is 1. The number of carbonyl (C=O) groups is 1. The predicted molar refractivity (Wildman–Crippen MR) is 87.9 cm³/mol. The van der Waals surface area contributed by atoms with Gasteiger partial charge < -0.3 is 14.2 Å². The second kappa shape index (κ2) is 7.02. The molecule has 23 heavy (non-hydrogen) atoms. The number of thiazole rings is 1. The molecule has 0 saturated carbocycles. The molecule has 1 aromatic heterocycles. The van der Waals surface area contributed by atoms with Crippen LogP contribution in [0.25, 0.3) is 6.08 Å². The molecule has 1 aliphatic heterocycles. The molecule has 120 valence electrons. The molecule has 0 radical (unpaired) electrons. The lowest BCUT2D eigenvalue weighted by Gasteiger charge is -2.01. The van der Waals surface area contributed by atoms with E-state index in [-0.39, 0.29) is 13.4 Å². The zero-order chi connectivity index (χ0) is 16.2. The van der Waals surface area contributed by atoms with E-state index in [9.17, 15) is 4.79 Å². The van der Waals surface area contributed by atoms with Crippen LogP contribution < -0.4 is 9.47 Å². The van der Waals surface area contributed by atoms with Crippen molar-refractivity contribution in [2.24, 2.45) is 0 Å². The summed E-state index contributed by atoms with van der Waals surface area (Å²) in [6.07, 6.45) is 3.85. The third-order valence-electron chi connectivity index (χ3n) is 3.13. The summed E-state index contributed by atoms with van der Waals surface area (Å²) < 4.78 is 15.7. The van der Waals surface area contributed by atoms with E-state index in [0.29, 0.717) is 16.5 Å². The van der Waals surface area contributed by atoms with Gasteiger partial charge in [0.2, 0.25) is 6.79 Å². The number of aromatic nitrogens is 1. The average Bonchev–Trinajstić information content (AvgIpc) is 3.19. The van der Waals surface area contributed by atoms with Crippen molar-refractivity contribution in [1.82, 2.24) is 4.98 Å². The molecule has 0 amide bonds. The van der Waals surface area contributed by atoms with E-state index in [2.05, 4.69) is 4.98 Å². The number of halogens is 1. The van der Waals surface area contributed by atoms with Crippen molar-refractivity contribution < 1.29 is 19.0 Å². The number of hydrogen-bond acceptors (Lipinski definition) is 6. The van der Waals surface area contributed by atoms with Crippen LogP contribution in [0.15, 0.2) is 23.6 Å². The monoisotopic (exact) mass is 351 g/mol. The molecule has 0 unspecified atom stereocenters. The van der Waals surface area contributed by atoms with Crippen LogP contribution in [0.5, 0.6) is 11.5 Å². The fraction of sp³-hybridized carbons (Fsp3) is 0.250. The second-order valence-electron chi connectivity index (χ2n) is 4.76. The minimum atomic E-state index is -0.440. The van der Waals surface area contributed by atoms with E-state index in [1.807, 2.05) is 12.3 Å². The Kier molecular flexibility index (Phi) is 4.83. The molecule has 0 aliphatic carbocycles. The Hall–Kier alpha value is -2.05. The number of esters is 1. The Balaban J connectivity index is 1.59. The number of benzene rings is 1. The highest BCUT2D eigenvalue weighted by Gasteiger charge is 2.17. The Bertz CT molecular complexity index is 757. The molecule has 0 bridgehead atoms. The Morgan fingerprint density at radius 2 is 2.35 bits per heavy atom. The molecule has 2 heterocycles. The van der Waals surface area contributed by atoms with Crippen molar-refractivity contribution in [1.29, 1.82) is 0 Å². The van der Waals surface area contributed by atoms with Crippen LogP contribution in [0.2, 0.25) is 5.02 Å². The first-order valence-electron chi connectivity index (χ1n) is 7.03. The second-order valence-corrected chi connectivity index (χ2v) is 6.11. The van der Waals surface area contributed by atoms with Gasteiger partial charge in [0, 0.05) is 11.5 Å². The molecular weight excluding hydrogens is 338 g/mol. The minimum absolute atomic E-state index is 0.150. The van der Waals surface area contributed by atoms with Gasteiger partial charge in [0.1, 0.15) is 6.61 Å². The normalized spacial score (nSPS) is 12.8. The van der Waals surface area contributed by atoms with Crippen molar-refractivity contribution in [3.05, 3.63) is 44.9 Å². The van der Waals surface area contributed by atoms with Gasteiger partial charge in [-0.3, -0.25) is 0 Å². The summed E-state index contributed by atoms with van der Waals surface area (Å²) in [7, 11) is 0. The highest BCUT2D eigenvalue weighted by Crippen LogP contribution is 2.40. The van der Waals surface area contributed by atoms with Gasteiger partial charge in [0.05, 0.1) is 15.7 Å². The predicted octanol–water partition coefficient (Wildman–Crippen LogP) is 3.84. The zero-order valence-corrected chi connectivity index (χ0v) is 13.9. The molecule has 0 saturated heterocycles. The molecule has 1 aliphatic rings. The van der Waals surface area contributed by atoms with Crippen LogP contribution in [-0.4, -0.2) is 17.7 Å². The first-order valence-corrected chi connectivity index (χ1v) is 8.28.